The molecule has 0 radical (unpaired) electrons. The highest BCUT2D eigenvalue weighted by molar-refractivity contribution is 9.10. The van der Waals surface area contributed by atoms with E-state index in [0.717, 1.165) is 15.6 Å². The smallest absolute Gasteiger partial charge is 0.266 e. The molecule has 1 aliphatic heterocycles. The van der Waals surface area contributed by atoms with Crippen molar-refractivity contribution >= 4 is 45.0 Å². The molecule has 4 aromatic rings. The van der Waals surface area contributed by atoms with E-state index in [9.17, 15) is 10.3 Å². The van der Waals surface area contributed by atoms with Gasteiger partial charge in [0, 0.05) is 57.2 Å². The summed E-state index contributed by atoms with van der Waals surface area (Å²) in [4.78, 5) is 22.4. The molecule has 46 heavy (non-hydrogen) atoms. The third kappa shape index (κ3) is 8.06. The molecular formula is C34H32BrClN6O4. The Labute approximate surface area is 280 Å². The minimum Gasteiger partial charge on any atom is -0.494 e. The van der Waals surface area contributed by atoms with Crippen LogP contribution in [-0.4, -0.2) is 42.2 Å². The molecule has 1 heterocycles. The van der Waals surface area contributed by atoms with Gasteiger partial charge in [0.05, 0.1) is 6.61 Å². The predicted molar refractivity (Wildman–Crippen MR) is 181 cm³/mol. The number of aliphatic hydroxyl groups excluding tert-OH is 1. The quantitative estimate of drug-likeness (QED) is 0.0420. The average Bonchev–Trinajstić information content (AvgIpc) is 3.45. The summed E-state index contributed by atoms with van der Waals surface area (Å²) in [5.74, 6) is 0.471. The molecule has 0 saturated carbocycles. The second-order valence-corrected chi connectivity index (χ2v) is 12.0. The molecule has 4 aromatic carbocycles. The van der Waals surface area contributed by atoms with Crippen molar-refractivity contribution in [2.24, 2.45) is 10.1 Å². The number of ether oxygens (including phenoxy) is 2. The molecule has 0 fully saturated rings. The Morgan fingerprint density at radius 2 is 1.85 bits per heavy atom. The Hall–Kier alpha value is -4.38. The third-order valence-corrected chi connectivity index (χ3v) is 8.18. The second-order valence-electron chi connectivity index (χ2n) is 10.6. The average molecular weight is 704 g/mol. The molecule has 0 aliphatic carbocycles. The van der Waals surface area contributed by atoms with Gasteiger partial charge in [-0.15, -0.1) is 0 Å². The van der Waals surface area contributed by atoms with Crippen molar-refractivity contribution in [3.63, 3.8) is 0 Å². The molecule has 0 bridgehead atoms. The van der Waals surface area contributed by atoms with Gasteiger partial charge in [0.2, 0.25) is 5.90 Å². The predicted octanol–water partition coefficient (Wildman–Crippen LogP) is 7.17. The SMILES string of the molecule is [N-]=[N+]=Nc1ccccc1[C@@H]1OC(c2ccc(OCCCO)cc2)=N[C@]1(Cc1ccc(Br)cc1)C(=O)NNCCc1cccc(Cl)c1. The van der Waals surface area contributed by atoms with E-state index >= 15 is 0 Å². The van der Waals surface area contributed by atoms with E-state index in [4.69, 9.17) is 31.2 Å². The molecule has 12 heteroatoms. The number of halogens is 2. The molecule has 10 nitrogen and oxygen atoms in total. The number of nitrogens with zero attached hydrogens (tertiary/aromatic N) is 4. The van der Waals surface area contributed by atoms with E-state index in [2.05, 4.69) is 36.8 Å². The minimum absolute atomic E-state index is 0.0411. The highest BCUT2D eigenvalue weighted by Gasteiger charge is 2.54. The maximum absolute atomic E-state index is 14.4. The van der Waals surface area contributed by atoms with Crippen LogP contribution in [-0.2, 0) is 22.4 Å². The van der Waals surface area contributed by atoms with Gasteiger partial charge in [0.15, 0.2) is 11.6 Å². The summed E-state index contributed by atoms with van der Waals surface area (Å²) in [5.41, 5.74) is 17.1. The number of nitrogens with one attached hydrogen (secondary N) is 2. The molecule has 2 atom stereocenters. The summed E-state index contributed by atoms with van der Waals surface area (Å²) in [6.07, 6.45) is 0.387. The standard InChI is InChI=1S/C34H32BrClN6O4/c35-26-13-9-24(10-14-26)22-34(33(44)41-38-18-17-23-5-3-6-27(36)21-23)31(29-7-1-2-8-30(29)40-42-37)46-32(39-34)25-11-15-28(16-12-25)45-20-4-19-43/h1-3,5-16,21,31,38,43H,4,17-20,22H2,(H,41,44)/t31-,34-/m0/s1. The zero-order chi connectivity index (χ0) is 32.4. The van der Waals surface area contributed by atoms with Gasteiger partial charge in [0.25, 0.3) is 5.91 Å². The fourth-order valence-electron chi connectivity index (χ4n) is 5.17. The van der Waals surface area contributed by atoms with Crippen molar-refractivity contribution in [3.05, 3.63) is 139 Å². The number of carbonyl (C=O) groups excluding carboxylic acids is 1. The van der Waals surface area contributed by atoms with Crippen LogP contribution in [0.2, 0.25) is 5.02 Å². The molecular weight excluding hydrogens is 672 g/mol. The van der Waals surface area contributed by atoms with Gasteiger partial charge >= 0.3 is 0 Å². The van der Waals surface area contributed by atoms with Gasteiger partial charge in [-0.2, -0.15) is 0 Å². The number of aliphatic hydroxyl groups is 1. The van der Waals surface area contributed by atoms with Crippen LogP contribution in [0.25, 0.3) is 10.4 Å². The number of amides is 1. The summed E-state index contributed by atoms with van der Waals surface area (Å²) in [5, 5.41) is 13.6. The van der Waals surface area contributed by atoms with Crippen LogP contribution in [0.4, 0.5) is 5.69 Å². The van der Waals surface area contributed by atoms with Crippen molar-refractivity contribution in [1.29, 1.82) is 0 Å². The Morgan fingerprint density at radius 1 is 1.07 bits per heavy atom. The van der Waals surface area contributed by atoms with E-state index in [0.29, 0.717) is 53.6 Å². The lowest BCUT2D eigenvalue weighted by atomic mass is 9.81. The lowest BCUT2D eigenvalue weighted by Crippen LogP contribution is -2.54. The zero-order valence-electron chi connectivity index (χ0n) is 24.8. The fourth-order valence-corrected chi connectivity index (χ4v) is 5.65. The number of rotatable bonds is 14. The third-order valence-electron chi connectivity index (χ3n) is 7.42. The molecule has 1 aliphatic rings. The molecule has 0 spiro atoms. The number of benzene rings is 4. The van der Waals surface area contributed by atoms with Gasteiger partial charge in [-0.1, -0.05) is 81.2 Å². The molecule has 1 amide bonds. The summed E-state index contributed by atoms with van der Waals surface area (Å²) >= 11 is 9.63. The van der Waals surface area contributed by atoms with Crippen LogP contribution in [0.3, 0.4) is 0 Å². The van der Waals surface area contributed by atoms with Crippen molar-refractivity contribution in [2.75, 3.05) is 19.8 Å². The maximum Gasteiger partial charge on any atom is 0.266 e. The number of carbonyl (C=O) groups is 1. The van der Waals surface area contributed by atoms with Crippen LogP contribution in [0.5, 0.6) is 5.75 Å². The number of hydrazine groups is 1. The molecule has 0 saturated heterocycles. The summed E-state index contributed by atoms with van der Waals surface area (Å²) in [6.45, 7) is 0.862. The van der Waals surface area contributed by atoms with Crippen molar-refractivity contribution in [1.82, 2.24) is 10.9 Å². The number of azide groups is 1. The van der Waals surface area contributed by atoms with Crippen LogP contribution in [0.1, 0.15) is 34.8 Å². The number of aliphatic imine (C=N–C) groups is 1. The second kappa shape index (κ2) is 15.8. The minimum atomic E-state index is -1.50. The van der Waals surface area contributed by atoms with E-state index in [-0.39, 0.29) is 18.9 Å². The van der Waals surface area contributed by atoms with Gasteiger partial charge in [0.1, 0.15) is 5.75 Å². The van der Waals surface area contributed by atoms with Crippen LogP contribution in [0.15, 0.2) is 112 Å². The lowest BCUT2D eigenvalue weighted by Gasteiger charge is -2.31. The fraction of sp³-hybridized carbons (Fsp3) is 0.235. The highest BCUT2D eigenvalue weighted by atomic mass is 79.9. The van der Waals surface area contributed by atoms with Crippen molar-refractivity contribution in [3.8, 4) is 5.75 Å². The number of hydrogen-bond donors (Lipinski definition) is 3. The first-order chi connectivity index (χ1) is 22.4. The Kier molecular flexibility index (Phi) is 11.3. The Bertz CT molecular complexity index is 1730. The first-order valence-electron chi connectivity index (χ1n) is 14.7. The Balaban J connectivity index is 1.52. The molecule has 3 N–H and O–H groups in total. The maximum atomic E-state index is 14.4. The summed E-state index contributed by atoms with van der Waals surface area (Å²) < 4.78 is 13.1. The Morgan fingerprint density at radius 3 is 2.59 bits per heavy atom. The van der Waals surface area contributed by atoms with Gasteiger partial charge in [-0.3, -0.25) is 10.2 Å². The van der Waals surface area contributed by atoms with Crippen molar-refractivity contribution in [2.45, 2.75) is 30.9 Å². The largest absolute Gasteiger partial charge is 0.494 e. The van der Waals surface area contributed by atoms with E-state index in [1.807, 2.05) is 48.5 Å². The van der Waals surface area contributed by atoms with E-state index < -0.39 is 17.6 Å². The van der Waals surface area contributed by atoms with Crippen LogP contribution >= 0.6 is 27.5 Å². The molecule has 0 unspecified atom stereocenters. The van der Waals surface area contributed by atoms with Crippen LogP contribution < -0.4 is 15.6 Å². The van der Waals surface area contributed by atoms with E-state index in [1.165, 1.54) is 0 Å². The number of hydrogen-bond acceptors (Lipinski definition) is 7. The summed E-state index contributed by atoms with van der Waals surface area (Å²) in [7, 11) is 0. The zero-order valence-corrected chi connectivity index (χ0v) is 27.1. The van der Waals surface area contributed by atoms with Gasteiger partial charge in [-0.25, -0.2) is 10.4 Å². The van der Waals surface area contributed by atoms with E-state index in [1.54, 1.807) is 48.5 Å². The first-order valence-corrected chi connectivity index (χ1v) is 15.9. The molecule has 5 rings (SSSR count). The topological polar surface area (TPSA) is 141 Å². The molecule has 0 aromatic heterocycles. The highest BCUT2D eigenvalue weighted by Crippen LogP contribution is 2.45. The van der Waals surface area contributed by atoms with Gasteiger partial charge < -0.3 is 14.6 Å². The normalized spacial score (nSPS) is 17.0. The van der Waals surface area contributed by atoms with Crippen molar-refractivity contribution < 1.29 is 19.4 Å². The molecule has 236 valence electrons. The first kappa shape index (κ1) is 33.0. The van der Waals surface area contributed by atoms with Crippen LogP contribution in [0, 0.1) is 0 Å². The lowest BCUT2D eigenvalue weighted by molar-refractivity contribution is -0.130. The monoisotopic (exact) mass is 702 g/mol. The summed E-state index contributed by atoms with van der Waals surface area (Å²) in [6, 6.07) is 29.4. The van der Waals surface area contributed by atoms with Gasteiger partial charge in [-0.05, 0) is 71.6 Å².